The first kappa shape index (κ1) is 20.7. The zero-order valence-electron chi connectivity index (χ0n) is 14.4. The standard InChI is InChI=1S/C19H12ClF3N2O3S/c20-14-7-6-11(9-15(14)25-18(27)16-5-2-8-29-16)17(26)24-12-3-1-4-13(10-12)28-19(21,22)23/h1-10H,(H,24,26)(H,25,27). The molecule has 29 heavy (non-hydrogen) atoms. The molecule has 0 unspecified atom stereocenters. The van der Waals surface area contributed by atoms with E-state index in [0.717, 1.165) is 12.1 Å². The lowest BCUT2D eigenvalue weighted by Crippen LogP contribution is -2.17. The molecule has 2 amide bonds. The van der Waals surface area contributed by atoms with Gasteiger partial charge in [0.25, 0.3) is 11.8 Å². The first-order chi connectivity index (χ1) is 13.7. The van der Waals surface area contributed by atoms with Gasteiger partial charge in [-0.1, -0.05) is 23.7 Å². The van der Waals surface area contributed by atoms with Gasteiger partial charge < -0.3 is 15.4 Å². The van der Waals surface area contributed by atoms with Gasteiger partial charge in [0.2, 0.25) is 0 Å². The molecule has 0 fully saturated rings. The Balaban J connectivity index is 1.74. The lowest BCUT2D eigenvalue weighted by Gasteiger charge is -2.12. The van der Waals surface area contributed by atoms with Crippen LogP contribution >= 0.6 is 22.9 Å². The Bertz CT molecular complexity index is 1040. The maximum Gasteiger partial charge on any atom is 0.573 e. The molecule has 0 aliphatic heterocycles. The van der Waals surface area contributed by atoms with Crippen molar-refractivity contribution < 1.29 is 27.5 Å². The second kappa shape index (κ2) is 8.54. The maximum absolute atomic E-state index is 12.5. The number of hydrogen-bond donors (Lipinski definition) is 2. The largest absolute Gasteiger partial charge is 0.573 e. The van der Waals surface area contributed by atoms with Crippen molar-refractivity contribution in [1.29, 1.82) is 0 Å². The van der Waals surface area contributed by atoms with Crippen LogP contribution in [-0.4, -0.2) is 18.2 Å². The predicted molar refractivity (Wildman–Crippen MR) is 105 cm³/mol. The zero-order chi connectivity index (χ0) is 21.0. The summed E-state index contributed by atoms with van der Waals surface area (Å²) < 4.78 is 40.8. The fourth-order valence-corrected chi connectivity index (χ4v) is 3.11. The number of carbonyl (C=O) groups is 2. The third-order valence-corrected chi connectivity index (χ3v) is 4.75. The summed E-state index contributed by atoms with van der Waals surface area (Å²) in [5.74, 6) is -1.44. The number of carbonyl (C=O) groups excluding carboxylic acids is 2. The van der Waals surface area contributed by atoms with E-state index in [9.17, 15) is 22.8 Å². The second-order valence-electron chi connectivity index (χ2n) is 5.66. The van der Waals surface area contributed by atoms with Crippen LogP contribution in [0.2, 0.25) is 5.02 Å². The van der Waals surface area contributed by atoms with E-state index in [1.54, 1.807) is 17.5 Å². The summed E-state index contributed by atoms with van der Waals surface area (Å²) in [5, 5.41) is 7.07. The summed E-state index contributed by atoms with van der Waals surface area (Å²) >= 11 is 7.33. The van der Waals surface area contributed by atoms with E-state index in [1.165, 1.54) is 41.7 Å². The number of rotatable bonds is 5. The number of benzene rings is 2. The molecule has 1 aromatic heterocycles. The van der Waals surface area contributed by atoms with Crippen molar-refractivity contribution in [2.45, 2.75) is 6.36 Å². The number of alkyl halides is 3. The second-order valence-corrected chi connectivity index (χ2v) is 7.01. The summed E-state index contributed by atoms with van der Waals surface area (Å²) in [6.45, 7) is 0. The summed E-state index contributed by atoms with van der Waals surface area (Å²) in [4.78, 5) is 25.1. The molecule has 2 aromatic carbocycles. The highest BCUT2D eigenvalue weighted by Gasteiger charge is 2.31. The molecule has 0 aliphatic carbocycles. The van der Waals surface area contributed by atoms with Crippen LogP contribution in [0.1, 0.15) is 20.0 Å². The molecule has 10 heteroatoms. The number of anilines is 2. The molecule has 3 aromatic rings. The summed E-state index contributed by atoms with van der Waals surface area (Å²) in [6, 6.07) is 12.5. The summed E-state index contributed by atoms with van der Waals surface area (Å²) in [5.41, 5.74) is 0.487. The minimum absolute atomic E-state index is 0.107. The van der Waals surface area contributed by atoms with Gasteiger partial charge in [-0.3, -0.25) is 9.59 Å². The van der Waals surface area contributed by atoms with Gasteiger partial charge >= 0.3 is 6.36 Å². The minimum Gasteiger partial charge on any atom is -0.406 e. The normalized spacial score (nSPS) is 11.0. The van der Waals surface area contributed by atoms with Crippen molar-refractivity contribution in [3.05, 3.63) is 75.4 Å². The third kappa shape index (κ3) is 5.72. The first-order valence-electron chi connectivity index (χ1n) is 8.03. The molecule has 1 heterocycles. The number of ether oxygens (including phenoxy) is 1. The number of nitrogens with one attached hydrogen (secondary N) is 2. The van der Waals surface area contributed by atoms with Crippen molar-refractivity contribution in [2.24, 2.45) is 0 Å². The monoisotopic (exact) mass is 440 g/mol. The Labute approximate surface area is 172 Å². The van der Waals surface area contributed by atoms with Crippen LogP contribution in [-0.2, 0) is 0 Å². The van der Waals surface area contributed by atoms with E-state index in [-0.39, 0.29) is 27.9 Å². The molecule has 0 saturated heterocycles. The quantitative estimate of drug-likeness (QED) is 0.526. The van der Waals surface area contributed by atoms with Gasteiger partial charge in [0, 0.05) is 17.3 Å². The highest BCUT2D eigenvalue weighted by Crippen LogP contribution is 2.27. The molecular weight excluding hydrogens is 429 g/mol. The van der Waals surface area contributed by atoms with Crippen molar-refractivity contribution in [3.8, 4) is 5.75 Å². The van der Waals surface area contributed by atoms with E-state index in [4.69, 9.17) is 11.6 Å². The minimum atomic E-state index is -4.84. The highest BCUT2D eigenvalue weighted by atomic mass is 35.5. The van der Waals surface area contributed by atoms with Crippen LogP contribution in [0.25, 0.3) is 0 Å². The fraction of sp³-hybridized carbons (Fsp3) is 0.0526. The highest BCUT2D eigenvalue weighted by molar-refractivity contribution is 7.12. The lowest BCUT2D eigenvalue weighted by molar-refractivity contribution is -0.274. The van der Waals surface area contributed by atoms with Gasteiger partial charge in [0.05, 0.1) is 15.6 Å². The molecule has 2 N–H and O–H groups in total. The van der Waals surface area contributed by atoms with E-state index < -0.39 is 18.0 Å². The Morgan fingerprint density at radius 3 is 2.45 bits per heavy atom. The molecule has 0 aliphatic rings. The maximum atomic E-state index is 12.5. The van der Waals surface area contributed by atoms with Gasteiger partial charge in [0.15, 0.2) is 0 Å². The average Bonchev–Trinajstić information content (AvgIpc) is 3.17. The van der Waals surface area contributed by atoms with Crippen molar-refractivity contribution in [3.63, 3.8) is 0 Å². The predicted octanol–water partition coefficient (Wildman–Crippen LogP) is 5.80. The molecule has 0 spiro atoms. The van der Waals surface area contributed by atoms with Crippen LogP contribution in [0, 0.1) is 0 Å². The first-order valence-corrected chi connectivity index (χ1v) is 9.28. The Kier molecular flexibility index (Phi) is 6.09. The van der Waals surface area contributed by atoms with Crippen molar-refractivity contribution in [2.75, 3.05) is 10.6 Å². The molecular formula is C19H12ClF3N2O3S. The Hall–Kier alpha value is -3.04. The number of thiophene rings is 1. The molecule has 0 atom stereocenters. The Morgan fingerprint density at radius 1 is 0.966 bits per heavy atom. The zero-order valence-corrected chi connectivity index (χ0v) is 16.0. The van der Waals surface area contributed by atoms with Crippen molar-refractivity contribution >= 4 is 46.1 Å². The van der Waals surface area contributed by atoms with Gasteiger partial charge in [0.1, 0.15) is 5.75 Å². The summed E-state index contributed by atoms with van der Waals surface area (Å²) in [7, 11) is 0. The molecule has 0 radical (unpaired) electrons. The molecule has 3 rings (SSSR count). The number of hydrogen-bond acceptors (Lipinski definition) is 4. The van der Waals surface area contributed by atoms with Crippen LogP contribution in [0.3, 0.4) is 0 Å². The smallest absolute Gasteiger partial charge is 0.406 e. The van der Waals surface area contributed by atoms with Crippen LogP contribution < -0.4 is 15.4 Å². The summed E-state index contributed by atoms with van der Waals surface area (Å²) in [6.07, 6.45) is -4.84. The molecule has 0 bridgehead atoms. The van der Waals surface area contributed by atoms with E-state index in [0.29, 0.717) is 4.88 Å². The Morgan fingerprint density at radius 2 is 1.76 bits per heavy atom. The number of halogens is 4. The van der Waals surface area contributed by atoms with Gasteiger partial charge in [-0.25, -0.2) is 0 Å². The van der Waals surface area contributed by atoms with Crippen LogP contribution in [0.5, 0.6) is 5.75 Å². The van der Waals surface area contributed by atoms with E-state index in [2.05, 4.69) is 15.4 Å². The molecule has 0 saturated carbocycles. The van der Waals surface area contributed by atoms with Crippen LogP contribution in [0.4, 0.5) is 24.5 Å². The van der Waals surface area contributed by atoms with Gasteiger partial charge in [-0.05, 0) is 41.8 Å². The SMILES string of the molecule is O=C(Nc1cccc(OC(F)(F)F)c1)c1ccc(Cl)c(NC(=O)c2cccs2)c1. The third-order valence-electron chi connectivity index (χ3n) is 3.55. The van der Waals surface area contributed by atoms with Gasteiger partial charge in [-0.2, -0.15) is 0 Å². The molecule has 150 valence electrons. The van der Waals surface area contributed by atoms with Gasteiger partial charge in [-0.15, -0.1) is 24.5 Å². The molecule has 5 nitrogen and oxygen atoms in total. The lowest BCUT2D eigenvalue weighted by atomic mass is 10.1. The van der Waals surface area contributed by atoms with Crippen LogP contribution in [0.15, 0.2) is 60.0 Å². The average molecular weight is 441 g/mol. The number of amides is 2. The van der Waals surface area contributed by atoms with Crippen molar-refractivity contribution in [1.82, 2.24) is 0 Å². The fourth-order valence-electron chi connectivity index (χ4n) is 2.33. The van der Waals surface area contributed by atoms with E-state index in [1.807, 2.05) is 0 Å². The van der Waals surface area contributed by atoms with E-state index >= 15 is 0 Å². The topological polar surface area (TPSA) is 67.4 Å².